The molecule has 2 aromatic heterocycles. The van der Waals surface area contributed by atoms with Crippen LogP contribution in [0.2, 0.25) is 0 Å². The van der Waals surface area contributed by atoms with Gasteiger partial charge in [-0.2, -0.15) is 0 Å². The molecule has 1 aromatic carbocycles. The number of pyridine rings is 1. The lowest BCUT2D eigenvalue weighted by Crippen LogP contribution is -2.07. The maximum Gasteiger partial charge on any atom is 0.359 e. The molecule has 0 radical (unpaired) electrons. The summed E-state index contributed by atoms with van der Waals surface area (Å²) in [7, 11) is 0. The molecule has 0 aliphatic carbocycles. The zero-order chi connectivity index (χ0) is 14.8. The van der Waals surface area contributed by atoms with Gasteiger partial charge in [0, 0.05) is 11.8 Å². The minimum absolute atomic E-state index is 0.333. The van der Waals surface area contributed by atoms with Crippen LogP contribution in [-0.4, -0.2) is 22.0 Å². The molecule has 4 heteroatoms. The molecule has 4 nitrogen and oxygen atoms in total. The normalized spacial score (nSPS) is 10.8. The van der Waals surface area contributed by atoms with Crippen molar-refractivity contribution >= 4 is 11.6 Å². The van der Waals surface area contributed by atoms with Crippen LogP contribution in [0.3, 0.4) is 0 Å². The number of esters is 1. The van der Waals surface area contributed by atoms with Gasteiger partial charge in [-0.1, -0.05) is 36.4 Å². The highest BCUT2D eigenvalue weighted by molar-refractivity contribution is 5.95. The fraction of sp³-hybridized carbons (Fsp3) is 0.176. The number of carbonyl (C=O) groups is 1. The molecule has 0 saturated carbocycles. The van der Waals surface area contributed by atoms with Gasteiger partial charge >= 0.3 is 5.97 Å². The first-order valence-electron chi connectivity index (χ1n) is 6.92. The molecular weight excluding hydrogens is 264 g/mol. The third-order valence-corrected chi connectivity index (χ3v) is 3.28. The van der Waals surface area contributed by atoms with Crippen LogP contribution in [0.15, 0.2) is 48.7 Å². The Balaban J connectivity index is 2.29. The summed E-state index contributed by atoms with van der Waals surface area (Å²) >= 11 is 0. The maximum absolute atomic E-state index is 12.2. The summed E-state index contributed by atoms with van der Waals surface area (Å²) in [6, 6.07) is 13.7. The molecule has 0 unspecified atom stereocenters. The van der Waals surface area contributed by atoms with Crippen LogP contribution >= 0.6 is 0 Å². The highest BCUT2D eigenvalue weighted by atomic mass is 16.5. The van der Waals surface area contributed by atoms with Crippen molar-refractivity contribution in [1.29, 1.82) is 0 Å². The number of nitrogens with zero attached hydrogens (tertiary/aromatic N) is 2. The van der Waals surface area contributed by atoms with E-state index in [2.05, 4.69) is 4.98 Å². The number of ether oxygens (including phenoxy) is 1. The first-order chi connectivity index (χ1) is 10.2. The molecule has 0 amide bonds. The second kappa shape index (κ2) is 5.40. The Morgan fingerprint density at radius 2 is 1.95 bits per heavy atom. The van der Waals surface area contributed by atoms with E-state index in [4.69, 9.17) is 4.74 Å². The quantitative estimate of drug-likeness (QED) is 0.690. The zero-order valence-electron chi connectivity index (χ0n) is 12.0. The van der Waals surface area contributed by atoms with Crippen molar-refractivity contribution in [1.82, 2.24) is 9.38 Å². The minimum atomic E-state index is -0.391. The lowest BCUT2D eigenvalue weighted by atomic mass is 10.1. The van der Waals surface area contributed by atoms with E-state index in [1.165, 1.54) is 0 Å². The maximum atomic E-state index is 12.2. The van der Waals surface area contributed by atoms with Crippen LogP contribution in [0.4, 0.5) is 0 Å². The molecule has 2 heterocycles. The van der Waals surface area contributed by atoms with E-state index in [0.717, 1.165) is 22.5 Å². The Hall–Kier alpha value is -2.62. The van der Waals surface area contributed by atoms with Crippen molar-refractivity contribution < 1.29 is 9.53 Å². The van der Waals surface area contributed by atoms with Gasteiger partial charge < -0.3 is 4.74 Å². The number of benzene rings is 1. The molecular formula is C17H16N2O2. The Morgan fingerprint density at radius 1 is 1.19 bits per heavy atom. The summed E-state index contributed by atoms with van der Waals surface area (Å²) in [5.74, 6) is -0.391. The first kappa shape index (κ1) is 13.4. The first-order valence-corrected chi connectivity index (χ1v) is 6.92. The van der Waals surface area contributed by atoms with Crippen LogP contribution < -0.4 is 0 Å². The Morgan fingerprint density at radius 3 is 2.67 bits per heavy atom. The molecule has 106 valence electrons. The summed E-state index contributed by atoms with van der Waals surface area (Å²) in [5, 5.41) is 0. The second-order valence-electron chi connectivity index (χ2n) is 4.83. The van der Waals surface area contributed by atoms with Gasteiger partial charge in [0.05, 0.1) is 12.3 Å². The minimum Gasteiger partial charge on any atom is -0.461 e. The largest absolute Gasteiger partial charge is 0.461 e. The molecule has 3 aromatic rings. The van der Waals surface area contributed by atoms with E-state index < -0.39 is 5.97 Å². The third kappa shape index (κ3) is 2.40. The van der Waals surface area contributed by atoms with Gasteiger partial charge in [0.1, 0.15) is 5.65 Å². The number of carbonyl (C=O) groups excluding carboxylic acids is 1. The van der Waals surface area contributed by atoms with Crippen LogP contribution in [0.1, 0.15) is 23.0 Å². The summed E-state index contributed by atoms with van der Waals surface area (Å²) in [6.07, 6.45) is 1.98. The SMILES string of the molecule is CCOC(=O)c1nc2ccc(C)cn2c1-c1ccccc1. The van der Waals surface area contributed by atoms with Gasteiger partial charge in [-0.25, -0.2) is 9.78 Å². The number of rotatable bonds is 3. The summed E-state index contributed by atoms with van der Waals surface area (Å²) in [4.78, 5) is 16.6. The summed E-state index contributed by atoms with van der Waals surface area (Å²) in [6.45, 7) is 4.14. The standard InChI is InChI=1S/C17H16N2O2/c1-3-21-17(20)15-16(13-7-5-4-6-8-13)19-11-12(2)9-10-14(19)18-15/h4-11H,3H2,1-2H3. The van der Waals surface area contributed by atoms with Crippen LogP contribution in [0.25, 0.3) is 16.9 Å². The predicted molar refractivity (Wildman–Crippen MR) is 81.3 cm³/mol. The van der Waals surface area contributed by atoms with E-state index in [9.17, 15) is 4.79 Å². The van der Waals surface area contributed by atoms with Crippen molar-refractivity contribution in [3.63, 3.8) is 0 Å². The van der Waals surface area contributed by atoms with Gasteiger partial charge in [-0.3, -0.25) is 4.40 Å². The average molecular weight is 280 g/mol. The second-order valence-corrected chi connectivity index (χ2v) is 4.83. The summed E-state index contributed by atoms with van der Waals surface area (Å²) in [5.41, 5.74) is 3.91. The van der Waals surface area contributed by atoms with Gasteiger partial charge in [0.2, 0.25) is 0 Å². The molecule has 0 saturated heterocycles. The number of fused-ring (bicyclic) bond motifs is 1. The molecule has 0 aliphatic heterocycles. The number of aromatic nitrogens is 2. The fourth-order valence-corrected chi connectivity index (χ4v) is 2.36. The molecule has 0 bridgehead atoms. The fourth-order valence-electron chi connectivity index (χ4n) is 2.36. The number of hydrogen-bond acceptors (Lipinski definition) is 3. The Bertz CT molecular complexity index is 791. The molecule has 3 rings (SSSR count). The van der Waals surface area contributed by atoms with Crippen LogP contribution in [-0.2, 0) is 4.74 Å². The number of aryl methyl sites for hydroxylation is 1. The number of hydrogen-bond donors (Lipinski definition) is 0. The Labute approximate surface area is 123 Å². The van der Waals surface area contributed by atoms with Gasteiger partial charge in [-0.15, -0.1) is 0 Å². The van der Waals surface area contributed by atoms with Crippen molar-refractivity contribution in [3.8, 4) is 11.3 Å². The smallest absolute Gasteiger partial charge is 0.359 e. The molecule has 0 aliphatic rings. The lowest BCUT2D eigenvalue weighted by Gasteiger charge is -2.05. The predicted octanol–water partition coefficient (Wildman–Crippen LogP) is 3.49. The zero-order valence-corrected chi connectivity index (χ0v) is 12.0. The Kier molecular flexibility index (Phi) is 3.44. The van der Waals surface area contributed by atoms with E-state index in [1.807, 2.05) is 60.0 Å². The van der Waals surface area contributed by atoms with Crippen LogP contribution in [0, 0.1) is 6.92 Å². The van der Waals surface area contributed by atoms with Gasteiger partial charge in [-0.05, 0) is 25.5 Å². The molecule has 0 N–H and O–H groups in total. The topological polar surface area (TPSA) is 43.6 Å². The molecule has 0 spiro atoms. The molecule has 21 heavy (non-hydrogen) atoms. The molecule has 0 fully saturated rings. The average Bonchev–Trinajstić information content (AvgIpc) is 2.87. The third-order valence-electron chi connectivity index (χ3n) is 3.28. The van der Waals surface area contributed by atoms with Crippen molar-refractivity contribution in [2.45, 2.75) is 13.8 Å². The summed E-state index contributed by atoms with van der Waals surface area (Å²) < 4.78 is 7.08. The highest BCUT2D eigenvalue weighted by Gasteiger charge is 2.21. The van der Waals surface area contributed by atoms with E-state index >= 15 is 0 Å². The van der Waals surface area contributed by atoms with Gasteiger partial charge in [0.15, 0.2) is 5.69 Å². The lowest BCUT2D eigenvalue weighted by molar-refractivity contribution is 0.0521. The van der Waals surface area contributed by atoms with Crippen molar-refractivity contribution in [2.24, 2.45) is 0 Å². The highest BCUT2D eigenvalue weighted by Crippen LogP contribution is 2.26. The van der Waals surface area contributed by atoms with E-state index in [-0.39, 0.29) is 0 Å². The van der Waals surface area contributed by atoms with Gasteiger partial charge in [0.25, 0.3) is 0 Å². The van der Waals surface area contributed by atoms with Crippen molar-refractivity contribution in [3.05, 3.63) is 59.9 Å². The van der Waals surface area contributed by atoms with E-state index in [0.29, 0.717) is 12.3 Å². The van der Waals surface area contributed by atoms with Crippen molar-refractivity contribution in [2.75, 3.05) is 6.61 Å². The van der Waals surface area contributed by atoms with Crippen LogP contribution in [0.5, 0.6) is 0 Å². The monoisotopic (exact) mass is 280 g/mol. The molecule has 0 atom stereocenters. The number of imidazole rings is 1. The van der Waals surface area contributed by atoms with E-state index in [1.54, 1.807) is 6.92 Å².